The summed E-state index contributed by atoms with van der Waals surface area (Å²) in [5.41, 5.74) is 1.51. The van der Waals surface area contributed by atoms with E-state index in [-0.39, 0.29) is 5.91 Å². The number of fused-ring (bicyclic) bond motifs is 1. The van der Waals surface area contributed by atoms with Crippen LogP contribution in [0.5, 0.6) is 0 Å². The van der Waals surface area contributed by atoms with Crippen LogP contribution in [-0.4, -0.2) is 26.4 Å². The fourth-order valence-electron chi connectivity index (χ4n) is 2.45. The molecule has 2 aromatic rings. The average Bonchev–Trinajstić information content (AvgIpc) is 3.03. The minimum absolute atomic E-state index is 0.0114. The van der Waals surface area contributed by atoms with E-state index in [2.05, 4.69) is 19.2 Å². The first kappa shape index (κ1) is 12.3. The summed E-state index contributed by atoms with van der Waals surface area (Å²) in [5, 5.41) is 4.82. The Hall–Kier alpha value is -1.69. The van der Waals surface area contributed by atoms with Gasteiger partial charge >= 0.3 is 0 Å². The Bertz CT molecular complexity index is 589. The van der Waals surface area contributed by atoms with Gasteiger partial charge in [-0.15, -0.1) is 0 Å². The molecule has 0 bridgehead atoms. The first-order valence-corrected chi connectivity index (χ1v) is 7.27. The zero-order chi connectivity index (χ0) is 13.2. The summed E-state index contributed by atoms with van der Waals surface area (Å²) in [5.74, 6) is 1.63. The fourth-order valence-corrected chi connectivity index (χ4v) is 3.14. The highest BCUT2D eigenvalue weighted by Crippen LogP contribution is 2.18. The van der Waals surface area contributed by atoms with Crippen molar-refractivity contribution in [2.75, 3.05) is 6.54 Å². The van der Waals surface area contributed by atoms with E-state index in [1.54, 1.807) is 5.38 Å². The number of carbonyl (C=O) groups is 1. The van der Waals surface area contributed by atoms with E-state index >= 15 is 0 Å². The van der Waals surface area contributed by atoms with Crippen LogP contribution in [-0.2, 0) is 13.0 Å². The van der Waals surface area contributed by atoms with Gasteiger partial charge < -0.3 is 9.88 Å². The predicted octanol–water partition coefficient (Wildman–Crippen LogP) is 1.64. The van der Waals surface area contributed by atoms with Crippen molar-refractivity contribution in [1.29, 1.82) is 0 Å². The third-order valence-corrected chi connectivity index (χ3v) is 4.30. The lowest BCUT2D eigenvalue weighted by atomic mass is 9.99. The maximum Gasteiger partial charge on any atom is 0.254 e. The molecule has 3 rings (SSSR count). The standard InChI is InChI=1S/C13H16N4OS/c1-9-11(8-19-16-9)13(18)15-6-10-2-3-12-14-4-5-17(12)7-10/h4-5,8,10H,2-3,6-7H2,1H3,(H,15,18). The monoisotopic (exact) mass is 276 g/mol. The van der Waals surface area contributed by atoms with Crippen molar-refractivity contribution in [1.82, 2.24) is 19.2 Å². The number of nitrogens with zero attached hydrogens (tertiary/aromatic N) is 3. The quantitative estimate of drug-likeness (QED) is 0.927. The zero-order valence-electron chi connectivity index (χ0n) is 10.8. The molecular weight excluding hydrogens is 260 g/mol. The summed E-state index contributed by atoms with van der Waals surface area (Å²) in [7, 11) is 0. The lowest BCUT2D eigenvalue weighted by Gasteiger charge is -2.23. The Morgan fingerprint density at radius 1 is 1.63 bits per heavy atom. The first-order valence-electron chi connectivity index (χ1n) is 6.43. The molecular formula is C13H16N4OS. The van der Waals surface area contributed by atoms with E-state index in [9.17, 15) is 4.79 Å². The van der Waals surface area contributed by atoms with Crippen molar-refractivity contribution < 1.29 is 4.79 Å². The van der Waals surface area contributed by atoms with E-state index in [4.69, 9.17) is 0 Å². The molecule has 1 N–H and O–H groups in total. The van der Waals surface area contributed by atoms with Gasteiger partial charge in [0.1, 0.15) is 5.82 Å². The Morgan fingerprint density at radius 2 is 2.53 bits per heavy atom. The summed E-state index contributed by atoms with van der Waals surface area (Å²) >= 11 is 1.32. The van der Waals surface area contributed by atoms with E-state index in [0.717, 1.165) is 30.9 Å². The topological polar surface area (TPSA) is 59.8 Å². The van der Waals surface area contributed by atoms with Crippen molar-refractivity contribution in [3.63, 3.8) is 0 Å². The number of nitrogens with one attached hydrogen (secondary N) is 1. The Balaban J connectivity index is 1.56. The van der Waals surface area contributed by atoms with E-state index in [1.807, 2.05) is 19.3 Å². The average molecular weight is 276 g/mol. The van der Waals surface area contributed by atoms with Gasteiger partial charge in [0.2, 0.25) is 0 Å². The molecule has 0 saturated heterocycles. The van der Waals surface area contributed by atoms with Crippen molar-refractivity contribution in [2.24, 2.45) is 5.92 Å². The number of imidazole rings is 1. The molecule has 1 aliphatic rings. The molecule has 0 radical (unpaired) electrons. The van der Waals surface area contributed by atoms with Crippen LogP contribution in [0, 0.1) is 12.8 Å². The van der Waals surface area contributed by atoms with Crippen LogP contribution in [0.3, 0.4) is 0 Å². The Labute approximate surface area is 115 Å². The second-order valence-corrected chi connectivity index (χ2v) is 5.55. The van der Waals surface area contributed by atoms with Gasteiger partial charge in [-0.25, -0.2) is 4.98 Å². The minimum atomic E-state index is -0.0114. The van der Waals surface area contributed by atoms with Crippen molar-refractivity contribution >= 4 is 17.4 Å². The molecule has 5 nitrogen and oxygen atoms in total. The van der Waals surface area contributed by atoms with Gasteiger partial charge in [0, 0.05) is 37.3 Å². The van der Waals surface area contributed by atoms with Gasteiger partial charge in [0.05, 0.1) is 11.3 Å². The third-order valence-electron chi connectivity index (χ3n) is 3.58. The SMILES string of the molecule is Cc1nscc1C(=O)NCC1CCc2nccn2C1. The molecule has 0 fully saturated rings. The third kappa shape index (κ3) is 2.53. The zero-order valence-corrected chi connectivity index (χ0v) is 11.6. The van der Waals surface area contributed by atoms with Gasteiger partial charge in [-0.3, -0.25) is 4.79 Å². The molecule has 19 heavy (non-hydrogen) atoms. The molecule has 0 aliphatic carbocycles. The van der Waals surface area contributed by atoms with Crippen molar-refractivity contribution in [2.45, 2.75) is 26.3 Å². The summed E-state index contributed by atoms with van der Waals surface area (Å²) in [6, 6.07) is 0. The molecule has 6 heteroatoms. The highest BCUT2D eigenvalue weighted by molar-refractivity contribution is 7.03. The number of hydrogen-bond acceptors (Lipinski definition) is 4. The highest BCUT2D eigenvalue weighted by Gasteiger charge is 2.20. The van der Waals surface area contributed by atoms with Crippen molar-refractivity contribution in [3.8, 4) is 0 Å². The minimum Gasteiger partial charge on any atom is -0.352 e. The summed E-state index contributed by atoms with van der Waals surface area (Å²) < 4.78 is 6.30. The van der Waals surface area contributed by atoms with Crippen LogP contribution in [0.4, 0.5) is 0 Å². The second kappa shape index (κ2) is 5.13. The van der Waals surface area contributed by atoms with Crippen LogP contribution in [0.25, 0.3) is 0 Å². The molecule has 1 amide bonds. The van der Waals surface area contributed by atoms with Gasteiger partial charge in [-0.05, 0) is 30.8 Å². The molecule has 1 unspecified atom stereocenters. The molecule has 3 heterocycles. The van der Waals surface area contributed by atoms with E-state index in [0.29, 0.717) is 18.0 Å². The smallest absolute Gasteiger partial charge is 0.254 e. The number of amides is 1. The number of aromatic nitrogens is 3. The second-order valence-electron chi connectivity index (χ2n) is 4.92. The molecule has 100 valence electrons. The Kier molecular flexibility index (Phi) is 3.33. The largest absolute Gasteiger partial charge is 0.352 e. The summed E-state index contributed by atoms with van der Waals surface area (Å²) in [4.78, 5) is 16.3. The van der Waals surface area contributed by atoms with E-state index < -0.39 is 0 Å². The Morgan fingerprint density at radius 3 is 3.32 bits per heavy atom. The molecule has 0 saturated carbocycles. The number of hydrogen-bond donors (Lipinski definition) is 1. The first-order chi connectivity index (χ1) is 9.24. The number of aryl methyl sites for hydroxylation is 2. The molecule has 0 spiro atoms. The van der Waals surface area contributed by atoms with Gasteiger partial charge in [-0.1, -0.05) is 0 Å². The van der Waals surface area contributed by atoms with E-state index in [1.165, 1.54) is 11.5 Å². The lowest BCUT2D eigenvalue weighted by Crippen LogP contribution is -2.33. The van der Waals surface area contributed by atoms with Crippen molar-refractivity contribution in [3.05, 3.63) is 34.9 Å². The van der Waals surface area contributed by atoms with Gasteiger partial charge in [-0.2, -0.15) is 4.37 Å². The van der Waals surface area contributed by atoms with Gasteiger partial charge in [0.15, 0.2) is 0 Å². The summed E-state index contributed by atoms with van der Waals surface area (Å²) in [6.45, 7) is 3.52. The van der Waals surface area contributed by atoms with Crippen LogP contribution >= 0.6 is 11.5 Å². The van der Waals surface area contributed by atoms with Crippen LogP contribution in [0.15, 0.2) is 17.8 Å². The van der Waals surface area contributed by atoms with Crippen LogP contribution in [0.2, 0.25) is 0 Å². The lowest BCUT2D eigenvalue weighted by molar-refractivity contribution is 0.0943. The normalized spacial score (nSPS) is 18.1. The molecule has 1 atom stereocenters. The maximum absolute atomic E-state index is 12.0. The van der Waals surface area contributed by atoms with Crippen LogP contribution < -0.4 is 5.32 Å². The number of rotatable bonds is 3. The highest BCUT2D eigenvalue weighted by atomic mass is 32.1. The number of carbonyl (C=O) groups excluding carboxylic acids is 1. The predicted molar refractivity (Wildman–Crippen MR) is 73.2 cm³/mol. The molecule has 0 aromatic carbocycles. The maximum atomic E-state index is 12.0. The van der Waals surface area contributed by atoms with Gasteiger partial charge in [0.25, 0.3) is 5.91 Å². The van der Waals surface area contributed by atoms with Crippen LogP contribution in [0.1, 0.15) is 28.3 Å². The molecule has 1 aliphatic heterocycles. The summed E-state index contributed by atoms with van der Waals surface area (Å²) in [6.07, 6.45) is 5.93. The fraction of sp³-hybridized carbons (Fsp3) is 0.462. The molecule has 2 aromatic heterocycles.